The van der Waals surface area contributed by atoms with Crippen LogP contribution in [0.4, 0.5) is 0 Å². The van der Waals surface area contributed by atoms with Gasteiger partial charge in [0.25, 0.3) is 0 Å². The Hall–Kier alpha value is -1.59. The fourth-order valence-electron chi connectivity index (χ4n) is 1.07. The first-order chi connectivity index (χ1) is 6.31. The van der Waals surface area contributed by atoms with Crippen LogP contribution in [-0.2, 0) is 0 Å². The Bertz CT molecular complexity index is 500. The van der Waals surface area contributed by atoms with Gasteiger partial charge >= 0.3 is 0 Å². The molecule has 0 aliphatic heterocycles. The smallest absolute Gasteiger partial charge is 0.164 e. The Labute approximate surface area is 80.6 Å². The topological polar surface area (TPSA) is 25.8 Å². The molecule has 0 aliphatic carbocycles. The molecule has 0 radical (unpaired) electrons. The van der Waals surface area contributed by atoms with Gasteiger partial charge in [-0.2, -0.15) is 0 Å². The van der Waals surface area contributed by atoms with E-state index in [4.69, 9.17) is 18.0 Å². The molecule has 3 heteroatoms. The second kappa shape index (κ2) is 3.04. The minimum absolute atomic E-state index is 0.279. The first-order valence-corrected chi connectivity index (χ1v) is 4.08. The van der Waals surface area contributed by atoms with Crippen molar-refractivity contribution in [3.8, 4) is 12.3 Å². The third-order valence-corrected chi connectivity index (χ3v) is 1.93. The van der Waals surface area contributed by atoms with E-state index in [1.165, 1.54) is 0 Å². The van der Waals surface area contributed by atoms with Crippen molar-refractivity contribution in [1.82, 2.24) is 9.97 Å². The van der Waals surface area contributed by atoms with Crippen molar-refractivity contribution in [3.63, 3.8) is 0 Å². The van der Waals surface area contributed by atoms with Gasteiger partial charge in [-0.15, -0.1) is 6.42 Å². The number of terminal acetylenes is 1. The summed E-state index contributed by atoms with van der Waals surface area (Å²) in [6.45, 7) is 0. The molecule has 2 nitrogen and oxygen atoms in total. The number of halogens is 1. The van der Waals surface area contributed by atoms with Crippen LogP contribution in [0.15, 0.2) is 24.3 Å². The highest BCUT2D eigenvalue weighted by atomic mass is 35.5. The van der Waals surface area contributed by atoms with Gasteiger partial charge in [0.1, 0.15) is 0 Å². The highest BCUT2D eigenvalue weighted by Gasteiger charge is 2.02. The lowest BCUT2D eigenvalue weighted by Gasteiger charge is -1.98. The summed E-state index contributed by atoms with van der Waals surface area (Å²) in [5.41, 5.74) is 1.91. The van der Waals surface area contributed by atoms with Crippen LogP contribution in [0.25, 0.3) is 11.0 Å². The van der Waals surface area contributed by atoms with Crippen LogP contribution < -0.4 is 0 Å². The average Bonchev–Trinajstić information content (AvgIpc) is 2.17. The van der Waals surface area contributed by atoms with Crippen molar-refractivity contribution in [2.45, 2.75) is 0 Å². The molecular weight excluding hydrogens is 184 g/mol. The Morgan fingerprint density at radius 2 is 1.77 bits per heavy atom. The second-order valence-corrected chi connectivity index (χ2v) is 2.85. The number of rotatable bonds is 0. The van der Waals surface area contributed by atoms with Crippen LogP contribution in [-0.4, -0.2) is 9.97 Å². The molecule has 0 spiro atoms. The zero-order valence-electron chi connectivity index (χ0n) is 6.66. The summed E-state index contributed by atoms with van der Waals surface area (Å²) >= 11 is 5.79. The minimum atomic E-state index is 0.279. The van der Waals surface area contributed by atoms with Gasteiger partial charge in [0.15, 0.2) is 10.8 Å². The molecule has 2 aromatic rings. The van der Waals surface area contributed by atoms with Gasteiger partial charge in [-0.3, -0.25) is 0 Å². The van der Waals surface area contributed by atoms with Crippen molar-refractivity contribution in [3.05, 3.63) is 35.1 Å². The summed E-state index contributed by atoms with van der Waals surface area (Å²) in [7, 11) is 0. The molecule has 0 amide bonds. The Kier molecular flexibility index (Phi) is 1.88. The minimum Gasteiger partial charge on any atom is -0.234 e. The standard InChI is InChI=1S/C10H5ClN2/c1-2-7-10(11)13-9-6-4-3-5-8(9)12-7/h1,3-6H. The molecule has 0 N–H and O–H groups in total. The Balaban J connectivity index is 2.83. The van der Waals surface area contributed by atoms with Gasteiger partial charge in [0.2, 0.25) is 0 Å². The van der Waals surface area contributed by atoms with E-state index in [1.807, 2.05) is 24.3 Å². The molecule has 0 atom stereocenters. The molecule has 0 saturated heterocycles. The van der Waals surface area contributed by atoms with E-state index in [-0.39, 0.29) is 5.15 Å². The first kappa shape index (κ1) is 8.03. The number of para-hydroxylation sites is 2. The molecule has 0 unspecified atom stereocenters. The number of hydrogen-bond acceptors (Lipinski definition) is 2. The second-order valence-electron chi connectivity index (χ2n) is 2.50. The highest BCUT2D eigenvalue weighted by Crippen LogP contribution is 2.15. The zero-order valence-corrected chi connectivity index (χ0v) is 7.42. The third-order valence-electron chi connectivity index (χ3n) is 1.66. The lowest BCUT2D eigenvalue weighted by Crippen LogP contribution is -1.90. The molecule has 0 bridgehead atoms. The van der Waals surface area contributed by atoms with E-state index in [9.17, 15) is 0 Å². The molecule has 0 saturated carbocycles. The van der Waals surface area contributed by atoms with Crippen molar-refractivity contribution in [1.29, 1.82) is 0 Å². The van der Waals surface area contributed by atoms with Crippen molar-refractivity contribution in [2.75, 3.05) is 0 Å². The lowest BCUT2D eigenvalue weighted by molar-refractivity contribution is 1.26. The van der Waals surface area contributed by atoms with Gasteiger partial charge in [-0.25, -0.2) is 9.97 Å². The Morgan fingerprint density at radius 3 is 2.38 bits per heavy atom. The van der Waals surface area contributed by atoms with E-state index < -0.39 is 0 Å². The van der Waals surface area contributed by atoms with E-state index >= 15 is 0 Å². The number of aromatic nitrogens is 2. The molecular formula is C10H5ClN2. The molecule has 1 aromatic heterocycles. The van der Waals surface area contributed by atoms with Crippen molar-refractivity contribution < 1.29 is 0 Å². The molecule has 0 fully saturated rings. The zero-order chi connectivity index (χ0) is 9.26. The number of nitrogens with zero attached hydrogens (tertiary/aromatic N) is 2. The number of benzene rings is 1. The fraction of sp³-hybridized carbons (Fsp3) is 0. The summed E-state index contributed by atoms with van der Waals surface area (Å²) < 4.78 is 0. The number of hydrogen-bond donors (Lipinski definition) is 0. The summed E-state index contributed by atoms with van der Waals surface area (Å²) in [6.07, 6.45) is 5.20. The molecule has 13 heavy (non-hydrogen) atoms. The van der Waals surface area contributed by atoms with Gasteiger partial charge < -0.3 is 0 Å². The molecule has 1 aromatic carbocycles. The van der Waals surface area contributed by atoms with Gasteiger partial charge in [-0.05, 0) is 18.1 Å². The van der Waals surface area contributed by atoms with Gasteiger partial charge in [-0.1, -0.05) is 23.7 Å². The van der Waals surface area contributed by atoms with Gasteiger partial charge in [0.05, 0.1) is 11.0 Å². The predicted molar refractivity (Wildman–Crippen MR) is 52.5 cm³/mol. The highest BCUT2D eigenvalue weighted by molar-refractivity contribution is 6.30. The molecule has 0 aliphatic rings. The first-order valence-electron chi connectivity index (χ1n) is 3.70. The number of fused-ring (bicyclic) bond motifs is 1. The summed E-state index contributed by atoms with van der Waals surface area (Å²) in [5, 5.41) is 0.279. The Morgan fingerprint density at radius 1 is 1.15 bits per heavy atom. The van der Waals surface area contributed by atoms with Crippen LogP contribution >= 0.6 is 11.6 Å². The third kappa shape index (κ3) is 1.34. The van der Waals surface area contributed by atoms with Crippen LogP contribution in [0, 0.1) is 12.3 Å². The van der Waals surface area contributed by atoms with E-state index in [0.29, 0.717) is 5.69 Å². The maximum atomic E-state index is 5.79. The quantitative estimate of drug-likeness (QED) is 0.593. The molecule has 62 valence electrons. The fourth-order valence-corrected chi connectivity index (χ4v) is 1.26. The normalized spacial score (nSPS) is 9.85. The van der Waals surface area contributed by atoms with E-state index in [1.54, 1.807) is 0 Å². The van der Waals surface area contributed by atoms with Crippen molar-refractivity contribution in [2.24, 2.45) is 0 Å². The monoisotopic (exact) mass is 188 g/mol. The molecule has 1 heterocycles. The lowest BCUT2D eigenvalue weighted by atomic mass is 10.3. The van der Waals surface area contributed by atoms with Crippen LogP contribution in [0.5, 0.6) is 0 Å². The summed E-state index contributed by atoms with van der Waals surface area (Å²) in [4.78, 5) is 8.27. The molecule has 2 rings (SSSR count). The van der Waals surface area contributed by atoms with Crippen molar-refractivity contribution >= 4 is 22.6 Å². The van der Waals surface area contributed by atoms with Crippen LogP contribution in [0.2, 0.25) is 5.15 Å². The maximum Gasteiger partial charge on any atom is 0.164 e. The average molecular weight is 189 g/mol. The summed E-state index contributed by atoms with van der Waals surface area (Å²) in [6, 6.07) is 7.45. The summed E-state index contributed by atoms with van der Waals surface area (Å²) in [5.74, 6) is 2.38. The SMILES string of the molecule is C#Cc1nc2ccccc2nc1Cl. The largest absolute Gasteiger partial charge is 0.234 e. The maximum absolute atomic E-state index is 5.79. The van der Waals surface area contributed by atoms with Gasteiger partial charge in [0, 0.05) is 0 Å². The van der Waals surface area contributed by atoms with Crippen LogP contribution in [0.1, 0.15) is 5.69 Å². The van der Waals surface area contributed by atoms with E-state index in [2.05, 4.69) is 15.9 Å². The van der Waals surface area contributed by atoms with Crippen LogP contribution in [0.3, 0.4) is 0 Å². The van der Waals surface area contributed by atoms with E-state index in [0.717, 1.165) is 11.0 Å². The predicted octanol–water partition coefficient (Wildman–Crippen LogP) is 2.26.